The van der Waals surface area contributed by atoms with Crippen LogP contribution >= 0.6 is 47.8 Å². The van der Waals surface area contributed by atoms with Crippen molar-refractivity contribution in [2.75, 3.05) is 0 Å². The molecule has 0 atom stereocenters. The third kappa shape index (κ3) is 4.40. The highest BCUT2D eigenvalue weighted by atomic mass is 79.9. The van der Waals surface area contributed by atoms with E-state index in [0.717, 1.165) is 13.4 Å². The Labute approximate surface area is 226 Å². The average molecular weight is 653 g/mol. The van der Waals surface area contributed by atoms with Crippen molar-refractivity contribution in [3.63, 3.8) is 0 Å². The van der Waals surface area contributed by atoms with Crippen LogP contribution in [0, 0.1) is 0 Å². The first kappa shape index (κ1) is 23.5. The third-order valence-corrected chi connectivity index (χ3v) is 9.91. The molecule has 10 heteroatoms. The highest BCUT2D eigenvalue weighted by Crippen LogP contribution is 2.39. The fourth-order valence-corrected chi connectivity index (χ4v) is 8.13. The molecule has 3 aromatic rings. The van der Waals surface area contributed by atoms with E-state index in [-0.39, 0.29) is 7.12 Å². The fraction of sp³-hybridized carbons (Fsp3) is 0.625. The monoisotopic (exact) mass is 650 g/mol. The molecule has 3 saturated carbocycles. The first-order valence-corrected chi connectivity index (χ1v) is 15.2. The van der Waals surface area contributed by atoms with Gasteiger partial charge in [-0.15, -0.1) is 0 Å². The summed E-state index contributed by atoms with van der Waals surface area (Å²) in [7, 11) is -0.288. The highest BCUT2D eigenvalue weighted by molar-refractivity contribution is 9.11. The molecule has 3 fully saturated rings. The summed E-state index contributed by atoms with van der Waals surface area (Å²) in [5.41, 5.74) is 3.52. The molecular weight excluding hydrogens is 623 g/mol. The molecule has 3 aliphatic rings. The minimum absolute atomic E-state index is 0.288. The Balaban J connectivity index is 1.43. The first-order valence-electron chi connectivity index (χ1n) is 12.8. The minimum Gasteiger partial charge on any atom is -0.424 e. The van der Waals surface area contributed by atoms with Crippen LogP contribution in [0.2, 0.25) is 0 Å². The lowest BCUT2D eigenvalue weighted by atomic mass is 9.96. The molecule has 0 saturated heterocycles. The second-order valence-electron chi connectivity index (χ2n) is 10.3. The maximum Gasteiger partial charge on any atom is 0.260 e. The van der Waals surface area contributed by atoms with Gasteiger partial charge in [-0.25, -0.2) is 15.3 Å². The Morgan fingerprint density at radius 3 is 1.06 bits per heavy atom. The van der Waals surface area contributed by atoms with Crippen LogP contribution in [0.5, 0.6) is 0 Å². The molecule has 0 amide bonds. The van der Waals surface area contributed by atoms with Crippen LogP contribution in [0.1, 0.15) is 112 Å². The quantitative estimate of drug-likeness (QED) is 0.260. The zero-order valence-corrected chi connectivity index (χ0v) is 24.1. The Morgan fingerprint density at radius 1 is 0.529 bits per heavy atom. The van der Waals surface area contributed by atoms with E-state index in [4.69, 9.17) is 15.3 Å². The van der Waals surface area contributed by atoms with E-state index in [2.05, 4.69) is 66.4 Å². The maximum atomic E-state index is 5.14. The van der Waals surface area contributed by atoms with Crippen LogP contribution in [0.15, 0.2) is 32.0 Å². The molecule has 0 N–H and O–H groups in total. The summed E-state index contributed by atoms with van der Waals surface area (Å²) in [6.07, 6.45) is 21.4. The van der Waals surface area contributed by atoms with Gasteiger partial charge < -0.3 is 13.8 Å². The molecule has 6 nitrogen and oxygen atoms in total. The van der Waals surface area contributed by atoms with Crippen LogP contribution in [0.25, 0.3) is 0 Å². The Kier molecular flexibility index (Phi) is 6.84. The van der Waals surface area contributed by atoms with Crippen LogP contribution in [0.3, 0.4) is 0 Å². The predicted molar refractivity (Wildman–Crippen MR) is 145 cm³/mol. The zero-order chi connectivity index (χ0) is 23.2. The van der Waals surface area contributed by atoms with Gasteiger partial charge in [0.15, 0.2) is 0 Å². The van der Waals surface area contributed by atoms with Gasteiger partial charge >= 0.3 is 0 Å². The van der Waals surface area contributed by atoms with Gasteiger partial charge in [0.2, 0.25) is 0 Å². The van der Waals surface area contributed by atoms with Gasteiger partial charge in [0.1, 0.15) is 0 Å². The van der Waals surface area contributed by atoms with E-state index in [1.807, 2.05) is 13.8 Å². The smallest absolute Gasteiger partial charge is 0.260 e. The number of halogens is 3. The Hall–Kier alpha value is -0.865. The van der Waals surface area contributed by atoms with Crippen molar-refractivity contribution >= 4 is 54.9 Å². The molecule has 0 unspecified atom stereocenters. The van der Waals surface area contributed by atoms with E-state index in [9.17, 15) is 0 Å². The lowest BCUT2D eigenvalue weighted by Crippen LogP contribution is -2.43. The van der Waals surface area contributed by atoms with E-state index in [1.165, 1.54) is 94.1 Å². The molecule has 3 heterocycles. The van der Waals surface area contributed by atoms with Crippen LogP contribution < -0.4 is 0 Å². The van der Waals surface area contributed by atoms with Gasteiger partial charge in [-0.05, 0) is 105 Å². The van der Waals surface area contributed by atoms with Crippen LogP contribution in [0.4, 0.5) is 0 Å². The Bertz CT molecular complexity index is 1010. The summed E-state index contributed by atoms with van der Waals surface area (Å²) in [6, 6.07) is 0. The van der Waals surface area contributed by atoms with E-state index in [1.54, 1.807) is 0 Å². The average Bonchev–Trinajstić information content (AvgIpc) is 3.63. The van der Waals surface area contributed by atoms with Crippen molar-refractivity contribution in [1.82, 2.24) is 29.1 Å². The number of nitrogens with zero attached hydrogens (tertiary/aromatic N) is 6. The molecule has 0 bridgehead atoms. The van der Waals surface area contributed by atoms with Gasteiger partial charge in [0.25, 0.3) is 7.12 Å². The van der Waals surface area contributed by atoms with Gasteiger partial charge in [0, 0.05) is 17.8 Å². The molecule has 3 aliphatic carbocycles. The number of rotatable bonds is 6. The molecular formula is C24H30BBr3N6-. The van der Waals surface area contributed by atoms with Crippen LogP contribution in [-0.4, -0.2) is 36.2 Å². The summed E-state index contributed by atoms with van der Waals surface area (Å²) in [5.74, 6) is 1.61. The SMILES string of the molecule is Brc1cn([B-](n2cc(Br)c(C3CCCC3)n2)n2cc(Br)c(C3CCCC3)n2)nc1C1CCCC1. The fourth-order valence-electron chi connectivity index (χ4n) is 6.30. The topological polar surface area (TPSA) is 53.5 Å². The van der Waals surface area contributed by atoms with Crippen molar-refractivity contribution in [3.8, 4) is 0 Å². The molecule has 34 heavy (non-hydrogen) atoms. The van der Waals surface area contributed by atoms with Gasteiger partial charge in [-0.3, -0.25) is 0 Å². The molecule has 0 aromatic carbocycles. The maximum absolute atomic E-state index is 5.14. The van der Waals surface area contributed by atoms with E-state index in [0.29, 0.717) is 17.8 Å². The first-order chi connectivity index (χ1) is 16.6. The number of hydrogen-bond acceptors (Lipinski definition) is 3. The third-order valence-electron chi connectivity index (χ3n) is 8.08. The number of aromatic nitrogens is 6. The molecule has 1 radical (unpaired) electrons. The lowest BCUT2D eigenvalue weighted by molar-refractivity contribution is 0.653. The molecule has 3 aromatic heterocycles. The zero-order valence-electron chi connectivity index (χ0n) is 19.3. The van der Waals surface area contributed by atoms with Gasteiger partial charge in [-0.2, -0.15) is 0 Å². The van der Waals surface area contributed by atoms with Crippen molar-refractivity contribution in [2.45, 2.75) is 94.8 Å². The summed E-state index contributed by atoms with van der Waals surface area (Å²) >= 11 is 11.5. The summed E-state index contributed by atoms with van der Waals surface area (Å²) < 4.78 is 9.42. The van der Waals surface area contributed by atoms with Crippen molar-refractivity contribution in [1.29, 1.82) is 0 Å². The molecule has 6 rings (SSSR count). The van der Waals surface area contributed by atoms with Crippen molar-refractivity contribution < 1.29 is 0 Å². The van der Waals surface area contributed by atoms with Crippen LogP contribution in [-0.2, 0) is 0 Å². The summed E-state index contributed by atoms with van der Waals surface area (Å²) in [4.78, 5) is 0. The standard InChI is InChI=1S/C24H30BBr3N6/c26-19-13-32(29-22(19)16-7-1-2-8-16)25(33-14-20(27)23(30-33)17-9-3-4-10-17)34-15-21(28)24(31-34)18-11-5-6-12-18/h13-18H,1-12H2/q-1. The Morgan fingerprint density at radius 2 is 0.794 bits per heavy atom. The predicted octanol–water partition coefficient (Wildman–Crippen LogP) is 7.47. The largest absolute Gasteiger partial charge is 0.424 e. The van der Waals surface area contributed by atoms with Crippen molar-refractivity contribution in [2.24, 2.45) is 0 Å². The van der Waals surface area contributed by atoms with Gasteiger partial charge in [0.05, 0.1) is 30.5 Å². The van der Waals surface area contributed by atoms with E-state index >= 15 is 0 Å². The number of hydrogen-bond donors (Lipinski definition) is 0. The lowest BCUT2D eigenvalue weighted by Gasteiger charge is -2.30. The molecule has 0 spiro atoms. The second-order valence-corrected chi connectivity index (χ2v) is 12.9. The summed E-state index contributed by atoms with van der Waals surface area (Å²) in [5, 5.41) is 15.4. The highest BCUT2D eigenvalue weighted by Gasteiger charge is 2.27. The molecule has 0 aliphatic heterocycles. The van der Waals surface area contributed by atoms with Gasteiger partial charge in [-0.1, -0.05) is 38.5 Å². The second kappa shape index (κ2) is 9.89. The van der Waals surface area contributed by atoms with E-state index < -0.39 is 0 Å². The molecule has 181 valence electrons. The normalized spacial score (nSPS) is 20.5. The minimum atomic E-state index is -0.288. The van der Waals surface area contributed by atoms with Crippen molar-refractivity contribution in [3.05, 3.63) is 49.1 Å². The summed E-state index contributed by atoms with van der Waals surface area (Å²) in [6.45, 7) is 0.